The number of aryl methyl sites for hydroxylation is 1. The van der Waals surface area contributed by atoms with E-state index in [-0.39, 0.29) is 12.6 Å². The maximum absolute atomic E-state index is 11.7. The second-order valence-corrected chi connectivity index (χ2v) is 3.81. The van der Waals surface area contributed by atoms with Gasteiger partial charge in [-0.3, -0.25) is 0 Å². The summed E-state index contributed by atoms with van der Waals surface area (Å²) in [6.45, 7) is 1.96. The van der Waals surface area contributed by atoms with Crippen molar-refractivity contribution < 1.29 is 18.7 Å². The highest BCUT2D eigenvalue weighted by molar-refractivity contribution is 5.90. The Labute approximate surface area is 105 Å². The van der Waals surface area contributed by atoms with Gasteiger partial charge in [-0.05, 0) is 30.7 Å². The number of rotatable bonds is 4. The van der Waals surface area contributed by atoms with Crippen LogP contribution in [0.2, 0.25) is 0 Å². The Balaban J connectivity index is 1.95. The number of ether oxygens (including phenoxy) is 2. The van der Waals surface area contributed by atoms with Gasteiger partial charge in [-0.25, -0.2) is 4.79 Å². The molecule has 4 heteroatoms. The molecule has 0 unspecified atom stereocenters. The minimum absolute atomic E-state index is 0.230. The molecule has 0 saturated carbocycles. The zero-order chi connectivity index (χ0) is 13.0. The highest BCUT2D eigenvalue weighted by atomic mass is 16.5. The quantitative estimate of drug-likeness (QED) is 0.778. The first-order valence-electron chi connectivity index (χ1n) is 5.55. The molecular formula is C14H14O4. The third-order valence-electron chi connectivity index (χ3n) is 2.61. The van der Waals surface area contributed by atoms with Crippen molar-refractivity contribution >= 4 is 5.97 Å². The van der Waals surface area contributed by atoms with Crippen molar-refractivity contribution in [1.29, 1.82) is 0 Å². The van der Waals surface area contributed by atoms with E-state index in [0.29, 0.717) is 11.3 Å². The Kier molecular flexibility index (Phi) is 3.67. The van der Waals surface area contributed by atoms with Crippen LogP contribution >= 0.6 is 0 Å². The molecule has 0 atom stereocenters. The molecule has 1 heterocycles. The number of furan rings is 1. The molecule has 18 heavy (non-hydrogen) atoms. The molecule has 4 nitrogen and oxygen atoms in total. The lowest BCUT2D eigenvalue weighted by Crippen LogP contribution is -2.05. The van der Waals surface area contributed by atoms with E-state index in [1.54, 1.807) is 20.1 Å². The van der Waals surface area contributed by atoms with E-state index in [9.17, 15) is 4.79 Å². The van der Waals surface area contributed by atoms with Gasteiger partial charge in [0.1, 0.15) is 23.7 Å². The minimum atomic E-state index is -0.378. The second kappa shape index (κ2) is 5.40. The number of carbonyl (C=O) groups is 1. The van der Waals surface area contributed by atoms with Crippen LogP contribution in [0.1, 0.15) is 21.7 Å². The average molecular weight is 246 g/mol. The van der Waals surface area contributed by atoms with E-state index in [1.807, 2.05) is 24.3 Å². The first kappa shape index (κ1) is 12.2. The summed E-state index contributed by atoms with van der Waals surface area (Å²) >= 11 is 0. The predicted octanol–water partition coefficient (Wildman–Crippen LogP) is 2.95. The molecule has 94 valence electrons. The van der Waals surface area contributed by atoms with Crippen molar-refractivity contribution in [2.75, 3.05) is 7.11 Å². The summed E-state index contributed by atoms with van der Waals surface area (Å²) in [5.74, 6) is 0.961. The maximum Gasteiger partial charge on any atom is 0.342 e. The average Bonchev–Trinajstić information content (AvgIpc) is 2.83. The molecule has 0 aliphatic carbocycles. The van der Waals surface area contributed by atoms with Crippen molar-refractivity contribution in [3.05, 3.63) is 53.5 Å². The molecule has 1 aromatic carbocycles. The number of hydrogen-bond donors (Lipinski definition) is 0. The third-order valence-corrected chi connectivity index (χ3v) is 2.61. The molecule has 0 fully saturated rings. The van der Waals surface area contributed by atoms with E-state index in [1.165, 1.54) is 6.26 Å². The maximum atomic E-state index is 11.7. The van der Waals surface area contributed by atoms with Crippen molar-refractivity contribution in [3.63, 3.8) is 0 Å². The van der Waals surface area contributed by atoms with Gasteiger partial charge >= 0.3 is 5.97 Å². The summed E-state index contributed by atoms with van der Waals surface area (Å²) in [5, 5.41) is 0. The molecule has 0 spiro atoms. The van der Waals surface area contributed by atoms with E-state index >= 15 is 0 Å². The number of benzene rings is 1. The summed E-state index contributed by atoms with van der Waals surface area (Å²) in [6.07, 6.45) is 1.47. The Morgan fingerprint density at radius 1 is 1.22 bits per heavy atom. The first-order chi connectivity index (χ1) is 8.70. The standard InChI is InChI=1S/C14H14O4/c1-10-13(7-8-17-10)14(15)18-9-11-3-5-12(16-2)6-4-11/h3-8H,9H2,1-2H3. The zero-order valence-corrected chi connectivity index (χ0v) is 10.3. The van der Waals surface area contributed by atoms with Gasteiger partial charge in [-0.15, -0.1) is 0 Å². The fourth-order valence-electron chi connectivity index (χ4n) is 1.55. The SMILES string of the molecule is COc1ccc(COC(=O)c2ccoc2C)cc1. The highest BCUT2D eigenvalue weighted by Gasteiger charge is 2.12. The van der Waals surface area contributed by atoms with Gasteiger partial charge < -0.3 is 13.9 Å². The molecule has 2 aromatic rings. The van der Waals surface area contributed by atoms with Crippen LogP contribution in [0, 0.1) is 6.92 Å². The molecule has 0 amide bonds. The molecule has 2 rings (SSSR count). The van der Waals surface area contributed by atoms with Crippen LogP contribution in [0.5, 0.6) is 5.75 Å². The smallest absolute Gasteiger partial charge is 0.342 e. The Hall–Kier alpha value is -2.23. The third kappa shape index (κ3) is 2.71. The van der Waals surface area contributed by atoms with Gasteiger partial charge in [0.15, 0.2) is 0 Å². The summed E-state index contributed by atoms with van der Waals surface area (Å²) in [7, 11) is 1.61. The minimum Gasteiger partial charge on any atom is -0.497 e. The molecule has 0 aliphatic heterocycles. The second-order valence-electron chi connectivity index (χ2n) is 3.81. The largest absolute Gasteiger partial charge is 0.497 e. The van der Waals surface area contributed by atoms with Crippen LogP contribution in [0.25, 0.3) is 0 Å². The van der Waals surface area contributed by atoms with Crippen molar-refractivity contribution in [1.82, 2.24) is 0 Å². The van der Waals surface area contributed by atoms with Crippen molar-refractivity contribution in [2.45, 2.75) is 13.5 Å². The zero-order valence-electron chi connectivity index (χ0n) is 10.3. The molecule has 0 aliphatic rings. The van der Waals surface area contributed by atoms with Gasteiger partial charge in [-0.2, -0.15) is 0 Å². The number of esters is 1. The normalized spacial score (nSPS) is 10.1. The van der Waals surface area contributed by atoms with Crippen LogP contribution in [0.3, 0.4) is 0 Å². The van der Waals surface area contributed by atoms with Crippen molar-refractivity contribution in [2.24, 2.45) is 0 Å². The molecular weight excluding hydrogens is 232 g/mol. The van der Waals surface area contributed by atoms with Gasteiger partial charge in [0.25, 0.3) is 0 Å². The topological polar surface area (TPSA) is 48.7 Å². The van der Waals surface area contributed by atoms with Crippen LogP contribution in [-0.2, 0) is 11.3 Å². The summed E-state index contributed by atoms with van der Waals surface area (Å²) in [4.78, 5) is 11.7. The van der Waals surface area contributed by atoms with Gasteiger partial charge in [0.2, 0.25) is 0 Å². The molecule has 0 bridgehead atoms. The first-order valence-corrected chi connectivity index (χ1v) is 5.55. The molecule has 0 saturated heterocycles. The summed E-state index contributed by atoms with van der Waals surface area (Å²) in [5.41, 5.74) is 1.37. The molecule has 0 N–H and O–H groups in total. The highest BCUT2D eigenvalue weighted by Crippen LogP contribution is 2.14. The van der Waals surface area contributed by atoms with E-state index < -0.39 is 0 Å². The van der Waals surface area contributed by atoms with Gasteiger partial charge in [0, 0.05) is 0 Å². The fraction of sp³-hybridized carbons (Fsp3) is 0.214. The van der Waals surface area contributed by atoms with E-state index in [0.717, 1.165) is 11.3 Å². The Bertz CT molecular complexity index is 525. The van der Waals surface area contributed by atoms with Gasteiger partial charge in [-0.1, -0.05) is 12.1 Å². The number of methoxy groups -OCH3 is 1. The molecule has 1 aromatic heterocycles. The predicted molar refractivity (Wildman–Crippen MR) is 65.6 cm³/mol. The van der Waals surface area contributed by atoms with Crippen LogP contribution in [0.15, 0.2) is 41.0 Å². The lowest BCUT2D eigenvalue weighted by molar-refractivity contribution is 0.0470. The van der Waals surface area contributed by atoms with Crippen molar-refractivity contribution in [3.8, 4) is 5.75 Å². The van der Waals surface area contributed by atoms with Crippen LogP contribution < -0.4 is 4.74 Å². The summed E-state index contributed by atoms with van der Waals surface area (Å²) < 4.78 is 15.3. The monoisotopic (exact) mass is 246 g/mol. The number of hydrogen-bond acceptors (Lipinski definition) is 4. The van der Waals surface area contributed by atoms with Gasteiger partial charge in [0.05, 0.1) is 13.4 Å². The summed E-state index contributed by atoms with van der Waals surface area (Å²) in [6, 6.07) is 8.97. The Morgan fingerprint density at radius 2 is 1.94 bits per heavy atom. The van der Waals surface area contributed by atoms with Crippen LogP contribution in [-0.4, -0.2) is 13.1 Å². The van der Waals surface area contributed by atoms with E-state index in [2.05, 4.69) is 0 Å². The van der Waals surface area contributed by atoms with Crippen LogP contribution in [0.4, 0.5) is 0 Å². The lowest BCUT2D eigenvalue weighted by atomic mass is 10.2. The Morgan fingerprint density at radius 3 is 2.50 bits per heavy atom. The fourth-order valence-corrected chi connectivity index (χ4v) is 1.55. The van der Waals surface area contributed by atoms with E-state index in [4.69, 9.17) is 13.9 Å². The molecule has 0 radical (unpaired) electrons. The number of carbonyl (C=O) groups excluding carboxylic acids is 1. The lowest BCUT2D eigenvalue weighted by Gasteiger charge is -2.05.